The number of alkyl halides is 1. The fraction of sp³-hybridized carbons (Fsp3) is 0.429. The summed E-state index contributed by atoms with van der Waals surface area (Å²) in [6.45, 7) is 2.63. The molecular weight excluding hydrogens is 345 g/mol. The molecule has 0 spiro atoms. The van der Waals surface area contributed by atoms with E-state index in [4.69, 9.17) is 4.74 Å². The highest BCUT2D eigenvalue weighted by Gasteiger charge is 2.42. The lowest BCUT2D eigenvalue weighted by atomic mass is 9.93. The molecule has 0 bridgehead atoms. The van der Waals surface area contributed by atoms with Gasteiger partial charge in [0.1, 0.15) is 5.75 Å². The van der Waals surface area contributed by atoms with Crippen LogP contribution in [0.1, 0.15) is 29.5 Å². The van der Waals surface area contributed by atoms with Gasteiger partial charge in [-0.25, -0.2) is 4.39 Å². The highest BCUT2D eigenvalue weighted by Crippen LogP contribution is 2.29. The largest absolute Gasteiger partial charge is 0.493 e. The number of carbonyl (C=O) groups is 1. The molecule has 1 aromatic carbocycles. The van der Waals surface area contributed by atoms with E-state index in [-0.39, 0.29) is 13.0 Å². The van der Waals surface area contributed by atoms with E-state index < -0.39 is 11.6 Å². The Hall–Kier alpha value is -2.47. The van der Waals surface area contributed by atoms with Crippen molar-refractivity contribution >= 4 is 5.91 Å². The van der Waals surface area contributed by atoms with Gasteiger partial charge in [-0.2, -0.15) is 0 Å². The first-order valence-corrected chi connectivity index (χ1v) is 9.45. The van der Waals surface area contributed by atoms with E-state index in [9.17, 15) is 4.79 Å². The molecular formula is C21H24FN3O2. The third-order valence-corrected chi connectivity index (χ3v) is 5.29. The molecule has 0 aliphatic carbocycles. The van der Waals surface area contributed by atoms with Crippen LogP contribution in [0.15, 0.2) is 42.7 Å². The van der Waals surface area contributed by atoms with Crippen LogP contribution in [0, 0.1) is 0 Å². The van der Waals surface area contributed by atoms with Crippen molar-refractivity contribution in [3.63, 3.8) is 0 Å². The maximum absolute atomic E-state index is 15.4. The lowest BCUT2D eigenvalue weighted by molar-refractivity contribution is -0.137. The third-order valence-electron chi connectivity index (χ3n) is 5.29. The molecule has 3 heterocycles. The van der Waals surface area contributed by atoms with E-state index in [1.54, 1.807) is 12.4 Å². The lowest BCUT2D eigenvalue weighted by Gasteiger charge is -2.36. The Bertz CT molecular complexity index is 814. The van der Waals surface area contributed by atoms with E-state index in [0.717, 1.165) is 36.4 Å². The van der Waals surface area contributed by atoms with Gasteiger partial charge in [0, 0.05) is 38.4 Å². The molecule has 4 rings (SSSR count). The van der Waals surface area contributed by atoms with Gasteiger partial charge in [-0.15, -0.1) is 0 Å². The van der Waals surface area contributed by atoms with Gasteiger partial charge in [0.25, 0.3) is 5.91 Å². The Balaban J connectivity index is 1.37. The zero-order chi connectivity index (χ0) is 18.7. The van der Waals surface area contributed by atoms with Crippen molar-refractivity contribution in [1.82, 2.24) is 15.2 Å². The van der Waals surface area contributed by atoms with Gasteiger partial charge in [-0.3, -0.25) is 14.7 Å². The molecule has 1 saturated heterocycles. The topological polar surface area (TPSA) is 54.5 Å². The smallest absolute Gasteiger partial charge is 0.259 e. The Morgan fingerprint density at radius 1 is 1.26 bits per heavy atom. The number of rotatable bonds is 5. The van der Waals surface area contributed by atoms with Crippen LogP contribution in [0.4, 0.5) is 4.39 Å². The molecule has 142 valence electrons. The molecule has 6 heteroatoms. The number of nitrogens with zero attached hydrogens (tertiary/aromatic N) is 2. The molecule has 1 atom stereocenters. The lowest BCUT2D eigenvalue weighted by Crippen LogP contribution is -2.53. The SMILES string of the molecule is O=C(NCc1ccncc1)C1(F)CCCN(Cc2ccc3c(c2)CCO3)C1. The monoisotopic (exact) mass is 369 g/mol. The molecule has 2 aliphatic heterocycles. The fourth-order valence-corrected chi connectivity index (χ4v) is 3.85. The maximum Gasteiger partial charge on any atom is 0.259 e. The predicted molar refractivity (Wildman–Crippen MR) is 100 cm³/mol. The van der Waals surface area contributed by atoms with Gasteiger partial charge in [0.2, 0.25) is 5.67 Å². The number of pyridine rings is 1. The van der Waals surface area contributed by atoms with Gasteiger partial charge >= 0.3 is 0 Å². The molecule has 1 unspecified atom stereocenters. The number of hydrogen-bond acceptors (Lipinski definition) is 4. The number of ether oxygens (including phenoxy) is 1. The van der Waals surface area contributed by atoms with Gasteiger partial charge < -0.3 is 10.1 Å². The van der Waals surface area contributed by atoms with Gasteiger partial charge in [-0.05, 0) is 54.3 Å². The number of nitrogens with one attached hydrogen (secondary N) is 1. The van der Waals surface area contributed by atoms with Crippen LogP contribution in [0.3, 0.4) is 0 Å². The van der Waals surface area contributed by atoms with Crippen LogP contribution in [0.5, 0.6) is 5.75 Å². The third kappa shape index (κ3) is 4.11. The van der Waals surface area contributed by atoms with Crippen molar-refractivity contribution in [3.05, 3.63) is 59.4 Å². The zero-order valence-corrected chi connectivity index (χ0v) is 15.3. The summed E-state index contributed by atoms with van der Waals surface area (Å²) in [4.78, 5) is 18.5. The molecule has 0 radical (unpaired) electrons. The quantitative estimate of drug-likeness (QED) is 0.880. The minimum Gasteiger partial charge on any atom is -0.493 e. The molecule has 1 fully saturated rings. The summed E-state index contributed by atoms with van der Waals surface area (Å²) in [6.07, 6.45) is 5.19. The van der Waals surface area contributed by atoms with E-state index >= 15 is 4.39 Å². The Labute approximate surface area is 158 Å². The van der Waals surface area contributed by atoms with Crippen LogP contribution < -0.4 is 10.1 Å². The Morgan fingerprint density at radius 2 is 2.11 bits per heavy atom. The summed E-state index contributed by atoms with van der Waals surface area (Å²) < 4.78 is 20.9. The van der Waals surface area contributed by atoms with Crippen LogP contribution in [-0.4, -0.2) is 41.2 Å². The minimum atomic E-state index is -1.84. The van der Waals surface area contributed by atoms with Crippen LogP contribution >= 0.6 is 0 Å². The highest BCUT2D eigenvalue weighted by molar-refractivity contribution is 5.85. The molecule has 0 saturated carbocycles. The van der Waals surface area contributed by atoms with Crippen LogP contribution in [0.25, 0.3) is 0 Å². The number of hydrogen-bond donors (Lipinski definition) is 1. The van der Waals surface area contributed by atoms with Gasteiger partial charge in [-0.1, -0.05) is 12.1 Å². The van der Waals surface area contributed by atoms with E-state index in [1.165, 1.54) is 5.56 Å². The van der Waals surface area contributed by atoms with Gasteiger partial charge in [0.15, 0.2) is 0 Å². The second-order valence-corrected chi connectivity index (χ2v) is 7.36. The molecule has 2 aliphatic rings. The minimum absolute atomic E-state index is 0.128. The van der Waals surface area contributed by atoms with Crippen molar-refractivity contribution in [2.45, 2.75) is 38.0 Å². The van der Waals surface area contributed by atoms with Crippen molar-refractivity contribution < 1.29 is 13.9 Å². The molecule has 27 heavy (non-hydrogen) atoms. The van der Waals surface area contributed by atoms with Crippen LogP contribution in [-0.2, 0) is 24.3 Å². The number of piperidine rings is 1. The van der Waals surface area contributed by atoms with Gasteiger partial charge in [0.05, 0.1) is 6.61 Å². The van der Waals surface area contributed by atoms with Crippen LogP contribution in [0.2, 0.25) is 0 Å². The first kappa shape index (κ1) is 17.9. The molecule has 5 nitrogen and oxygen atoms in total. The number of likely N-dealkylation sites (tertiary alicyclic amines) is 1. The standard InChI is InChI=1S/C21H24FN3O2/c22-21(20(26)24-13-16-4-8-23-9-5-16)7-1-10-25(15-21)14-17-2-3-19-18(12-17)6-11-27-19/h2-5,8-9,12H,1,6-7,10-11,13-15H2,(H,24,26). The van der Waals surface area contributed by atoms with Crippen molar-refractivity contribution in [1.29, 1.82) is 0 Å². The average Bonchev–Trinajstić information content (AvgIpc) is 3.15. The molecule has 1 amide bonds. The normalized spacial score (nSPS) is 22.1. The Kier molecular flexibility index (Phi) is 5.07. The number of amides is 1. The van der Waals surface area contributed by atoms with E-state index in [2.05, 4.69) is 16.4 Å². The number of halogens is 1. The zero-order valence-electron chi connectivity index (χ0n) is 15.3. The number of aromatic nitrogens is 1. The Morgan fingerprint density at radius 3 is 2.96 bits per heavy atom. The fourth-order valence-electron chi connectivity index (χ4n) is 3.85. The summed E-state index contributed by atoms with van der Waals surface area (Å²) in [5.41, 5.74) is 1.42. The molecule has 2 aromatic rings. The highest BCUT2D eigenvalue weighted by atomic mass is 19.1. The van der Waals surface area contributed by atoms with Crippen molar-refractivity contribution in [3.8, 4) is 5.75 Å². The second kappa shape index (κ2) is 7.64. The summed E-state index contributed by atoms with van der Waals surface area (Å²) in [7, 11) is 0. The predicted octanol–water partition coefficient (Wildman–Crippen LogP) is 2.64. The molecule has 1 aromatic heterocycles. The van der Waals surface area contributed by atoms with Crippen molar-refractivity contribution in [2.24, 2.45) is 0 Å². The number of benzene rings is 1. The maximum atomic E-state index is 15.4. The summed E-state index contributed by atoms with van der Waals surface area (Å²) in [5.74, 6) is 0.430. The second-order valence-electron chi connectivity index (χ2n) is 7.36. The van der Waals surface area contributed by atoms with Crippen molar-refractivity contribution in [2.75, 3.05) is 19.7 Å². The first-order chi connectivity index (χ1) is 13.1. The number of fused-ring (bicyclic) bond motifs is 1. The summed E-state index contributed by atoms with van der Waals surface area (Å²) in [5, 5.41) is 2.74. The summed E-state index contributed by atoms with van der Waals surface area (Å²) in [6, 6.07) is 9.79. The molecule has 1 N–H and O–H groups in total. The first-order valence-electron chi connectivity index (χ1n) is 9.45. The average molecular weight is 369 g/mol. The van der Waals surface area contributed by atoms with E-state index in [1.807, 2.05) is 29.2 Å². The van der Waals surface area contributed by atoms with E-state index in [0.29, 0.717) is 19.5 Å². The summed E-state index contributed by atoms with van der Waals surface area (Å²) >= 11 is 0. The number of carbonyl (C=O) groups excluding carboxylic acids is 1.